The summed E-state index contributed by atoms with van der Waals surface area (Å²) in [4.78, 5) is 7.93. The first-order valence-electron chi connectivity index (χ1n) is 11.2. The Morgan fingerprint density at radius 1 is 1.31 bits per heavy atom. The van der Waals surface area contributed by atoms with Crippen LogP contribution >= 0.6 is 11.3 Å². The number of aromatic nitrogens is 1. The van der Waals surface area contributed by atoms with Crippen molar-refractivity contribution in [1.29, 1.82) is 0 Å². The third kappa shape index (κ3) is 5.48. The number of aliphatic hydroxyl groups excluding tert-OH is 1. The number of pyridine rings is 1. The van der Waals surface area contributed by atoms with E-state index in [1.165, 1.54) is 0 Å². The lowest BCUT2D eigenvalue weighted by Crippen LogP contribution is -2.42. The van der Waals surface area contributed by atoms with Crippen molar-refractivity contribution in [1.82, 2.24) is 9.88 Å². The van der Waals surface area contributed by atoms with Crippen molar-refractivity contribution in [2.45, 2.75) is 25.3 Å². The van der Waals surface area contributed by atoms with E-state index in [1.54, 1.807) is 18.4 Å². The number of rotatable bonds is 7. The quantitative estimate of drug-likeness (QED) is 0.532. The highest BCUT2D eigenvalue weighted by Gasteiger charge is 2.28. The number of thiophene rings is 1. The second-order valence-corrected chi connectivity index (χ2v) is 9.42. The molecule has 1 saturated heterocycles. The zero-order valence-corrected chi connectivity index (χ0v) is 19.4. The van der Waals surface area contributed by atoms with Crippen molar-refractivity contribution in [2.75, 3.05) is 33.4 Å². The Kier molecular flexibility index (Phi) is 7.77. The molecule has 0 bridgehead atoms. The fourth-order valence-electron chi connectivity index (χ4n) is 4.62. The lowest BCUT2D eigenvalue weighted by molar-refractivity contribution is 0.0738. The van der Waals surface area contributed by atoms with E-state index >= 15 is 0 Å². The van der Waals surface area contributed by atoms with Gasteiger partial charge in [0.15, 0.2) is 0 Å². The van der Waals surface area contributed by atoms with Gasteiger partial charge in [-0.25, -0.2) is 0 Å². The maximum absolute atomic E-state index is 10.0. The van der Waals surface area contributed by atoms with Crippen LogP contribution in [0, 0.1) is 23.7 Å². The average molecular weight is 450 g/mol. The Balaban J connectivity index is 1.35. The molecule has 0 radical (unpaired) electrons. The molecule has 3 heterocycles. The first-order valence-corrected chi connectivity index (χ1v) is 12.1. The van der Waals surface area contributed by atoms with E-state index < -0.39 is 0 Å². The fourth-order valence-corrected chi connectivity index (χ4v) is 5.21. The third-order valence-electron chi connectivity index (χ3n) is 6.48. The standard InChI is InChI=1S/C26H31N3O2S/c1-31-21-7-9-26-24(16-21)23(10-12-28-26)25(27)8-6-19-11-14-29(17-20(19)18-30)13-2-4-22-5-3-15-32-22/h3,5,7,9-10,12,15-16,19-20,25,30H,6,8,11,13-14,17-18,27H2,1H3/t19-,20-,25-/m1/s1. The van der Waals surface area contributed by atoms with Crippen LogP contribution in [0.1, 0.15) is 35.7 Å². The Hall–Kier alpha value is -2.43. The van der Waals surface area contributed by atoms with Crippen LogP contribution in [0.4, 0.5) is 0 Å². The van der Waals surface area contributed by atoms with E-state index in [2.05, 4.69) is 21.7 Å². The average Bonchev–Trinajstić information content (AvgIpc) is 3.35. The van der Waals surface area contributed by atoms with E-state index in [1.807, 2.05) is 48.0 Å². The van der Waals surface area contributed by atoms with Crippen molar-refractivity contribution in [3.63, 3.8) is 0 Å². The van der Waals surface area contributed by atoms with Crippen LogP contribution in [0.5, 0.6) is 5.75 Å². The van der Waals surface area contributed by atoms with Crippen LogP contribution in [-0.2, 0) is 0 Å². The smallest absolute Gasteiger partial charge is 0.119 e. The van der Waals surface area contributed by atoms with Gasteiger partial charge in [0.05, 0.1) is 24.0 Å². The largest absolute Gasteiger partial charge is 0.497 e. The molecule has 5 nitrogen and oxygen atoms in total. The first kappa shape index (κ1) is 22.8. The summed E-state index contributed by atoms with van der Waals surface area (Å²) >= 11 is 1.67. The molecule has 6 heteroatoms. The molecule has 0 unspecified atom stereocenters. The van der Waals surface area contributed by atoms with Crippen LogP contribution in [-0.4, -0.2) is 48.3 Å². The highest BCUT2D eigenvalue weighted by Crippen LogP contribution is 2.32. The number of ether oxygens (including phenoxy) is 1. The molecule has 32 heavy (non-hydrogen) atoms. The number of hydrogen-bond donors (Lipinski definition) is 2. The van der Waals surface area contributed by atoms with Gasteiger partial charge in [0, 0.05) is 30.8 Å². The molecule has 1 aliphatic heterocycles. The molecular weight excluding hydrogens is 418 g/mol. The minimum atomic E-state index is -0.0679. The van der Waals surface area contributed by atoms with Crippen LogP contribution in [0.2, 0.25) is 0 Å². The van der Waals surface area contributed by atoms with Crippen molar-refractivity contribution in [3.05, 3.63) is 58.4 Å². The van der Waals surface area contributed by atoms with Gasteiger partial charge in [-0.05, 0) is 78.9 Å². The topological polar surface area (TPSA) is 71.6 Å². The summed E-state index contributed by atoms with van der Waals surface area (Å²) in [7, 11) is 1.67. The molecule has 0 saturated carbocycles. The van der Waals surface area contributed by atoms with Gasteiger partial charge < -0.3 is 15.6 Å². The number of aliphatic hydroxyl groups is 1. The number of nitrogens with two attached hydrogens (primary N) is 1. The molecule has 3 N–H and O–H groups in total. The third-order valence-corrected chi connectivity index (χ3v) is 7.26. The molecule has 3 atom stereocenters. The number of piperidine rings is 1. The molecule has 1 aromatic carbocycles. The van der Waals surface area contributed by atoms with Gasteiger partial charge in [-0.2, -0.15) is 0 Å². The zero-order chi connectivity index (χ0) is 22.3. The number of likely N-dealkylation sites (tertiary alicyclic amines) is 1. The highest BCUT2D eigenvalue weighted by atomic mass is 32.1. The second-order valence-electron chi connectivity index (χ2n) is 8.47. The van der Waals surface area contributed by atoms with Gasteiger partial charge in [0.1, 0.15) is 5.75 Å². The van der Waals surface area contributed by atoms with E-state index in [-0.39, 0.29) is 18.6 Å². The summed E-state index contributed by atoms with van der Waals surface area (Å²) in [6, 6.07) is 11.9. The maximum Gasteiger partial charge on any atom is 0.119 e. The van der Waals surface area contributed by atoms with Crippen LogP contribution in [0.15, 0.2) is 48.0 Å². The Labute approximate surface area is 194 Å². The molecule has 0 aliphatic carbocycles. The summed E-state index contributed by atoms with van der Waals surface area (Å²) in [5.74, 6) is 8.08. The second kappa shape index (κ2) is 10.9. The highest BCUT2D eigenvalue weighted by molar-refractivity contribution is 7.10. The van der Waals surface area contributed by atoms with Gasteiger partial charge in [-0.3, -0.25) is 9.88 Å². The SMILES string of the molecule is COc1ccc2nccc([C@H](N)CC[C@@H]3CCN(CC#Cc4cccs4)C[C@@H]3CO)c2c1. The zero-order valence-electron chi connectivity index (χ0n) is 18.5. The summed E-state index contributed by atoms with van der Waals surface area (Å²) in [5.41, 5.74) is 8.68. The van der Waals surface area contributed by atoms with E-state index in [4.69, 9.17) is 10.5 Å². The molecule has 0 amide bonds. The number of fused-ring (bicyclic) bond motifs is 1. The molecule has 3 aromatic rings. The van der Waals surface area contributed by atoms with Gasteiger partial charge >= 0.3 is 0 Å². The molecule has 4 rings (SSSR count). The minimum absolute atomic E-state index is 0.0679. The van der Waals surface area contributed by atoms with Crippen LogP contribution in [0.3, 0.4) is 0 Å². The summed E-state index contributed by atoms with van der Waals surface area (Å²) in [5, 5.41) is 13.1. The Bertz CT molecular complexity index is 1070. The predicted molar refractivity (Wildman–Crippen MR) is 131 cm³/mol. The van der Waals surface area contributed by atoms with Gasteiger partial charge in [0.25, 0.3) is 0 Å². The number of hydrogen-bond acceptors (Lipinski definition) is 6. The van der Waals surface area contributed by atoms with Crippen molar-refractivity contribution in [2.24, 2.45) is 17.6 Å². The van der Waals surface area contributed by atoms with E-state index in [0.717, 1.165) is 66.0 Å². The number of methoxy groups -OCH3 is 1. The minimum Gasteiger partial charge on any atom is -0.497 e. The van der Waals surface area contributed by atoms with Crippen LogP contribution < -0.4 is 10.5 Å². The van der Waals surface area contributed by atoms with Crippen molar-refractivity contribution < 1.29 is 9.84 Å². The predicted octanol–water partition coefficient (Wildman–Crippen LogP) is 4.07. The summed E-state index contributed by atoms with van der Waals surface area (Å²) in [6.07, 6.45) is 4.80. The van der Waals surface area contributed by atoms with Crippen molar-refractivity contribution >= 4 is 22.2 Å². The number of nitrogens with zero attached hydrogens (tertiary/aromatic N) is 2. The fraction of sp³-hybridized carbons (Fsp3) is 0.423. The Morgan fingerprint density at radius 2 is 2.22 bits per heavy atom. The van der Waals surface area contributed by atoms with E-state index in [0.29, 0.717) is 5.92 Å². The molecule has 1 aliphatic rings. The molecule has 1 fully saturated rings. The number of benzene rings is 1. The molecule has 168 valence electrons. The van der Waals surface area contributed by atoms with Gasteiger partial charge in [0.2, 0.25) is 0 Å². The summed E-state index contributed by atoms with van der Waals surface area (Å²) < 4.78 is 5.39. The monoisotopic (exact) mass is 449 g/mol. The lowest BCUT2D eigenvalue weighted by Gasteiger charge is -2.37. The van der Waals surface area contributed by atoms with E-state index in [9.17, 15) is 5.11 Å². The molecular formula is C26H31N3O2S. The maximum atomic E-state index is 10.0. The van der Waals surface area contributed by atoms with Gasteiger partial charge in [-0.15, -0.1) is 11.3 Å². The van der Waals surface area contributed by atoms with Crippen LogP contribution in [0.25, 0.3) is 10.9 Å². The normalized spacial score (nSPS) is 20.0. The first-order chi connectivity index (χ1) is 15.7. The van der Waals surface area contributed by atoms with Crippen molar-refractivity contribution in [3.8, 4) is 17.6 Å². The Morgan fingerprint density at radius 3 is 3.00 bits per heavy atom. The lowest BCUT2D eigenvalue weighted by atomic mass is 9.81. The molecule has 2 aromatic heterocycles. The summed E-state index contributed by atoms with van der Waals surface area (Å²) in [6.45, 7) is 2.88. The van der Waals surface area contributed by atoms with Gasteiger partial charge in [-0.1, -0.05) is 17.9 Å². The molecule has 0 spiro atoms.